The van der Waals surface area contributed by atoms with E-state index in [1.807, 2.05) is 6.92 Å². The molecule has 0 aliphatic heterocycles. The Kier molecular flexibility index (Phi) is 4.96. The first-order chi connectivity index (χ1) is 9.24. The zero-order valence-electron chi connectivity index (χ0n) is 12.0. The summed E-state index contributed by atoms with van der Waals surface area (Å²) in [5.41, 5.74) is 3.66. The molecule has 0 atom stereocenters. The Morgan fingerprint density at radius 3 is 2.63 bits per heavy atom. The highest BCUT2D eigenvalue weighted by atomic mass is 15.3. The summed E-state index contributed by atoms with van der Waals surface area (Å²) in [6.45, 7) is 5.10. The number of anilines is 2. The van der Waals surface area contributed by atoms with Crippen LogP contribution in [0.4, 0.5) is 11.6 Å². The van der Waals surface area contributed by atoms with Gasteiger partial charge in [0.05, 0.1) is 0 Å². The van der Waals surface area contributed by atoms with Crippen molar-refractivity contribution >= 4 is 11.6 Å². The Bertz CT molecular complexity index is 415. The molecule has 0 radical (unpaired) electrons. The lowest BCUT2D eigenvalue weighted by atomic mass is 10.2. The first-order valence-electron chi connectivity index (χ1n) is 7.32. The molecule has 5 nitrogen and oxygen atoms in total. The molecule has 5 heteroatoms. The first kappa shape index (κ1) is 14.1. The molecule has 1 heterocycles. The van der Waals surface area contributed by atoms with E-state index in [4.69, 9.17) is 5.84 Å². The van der Waals surface area contributed by atoms with Gasteiger partial charge in [0, 0.05) is 18.5 Å². The number of nitrogen functional groups attached to an aromatic ring is 1. The largest absolute Gasteiger partial charge is 0.370 e. The average molecular weight is 263 g/mol. The number of aryl methyl sites for hydroxylation is 1. The molecule has 0 unspecified atom stereocenters. The molecule has 1 fully saturated rings. The van der Waals surface area contributed by atoms with Crippen LogP contribution in [-0.4, -0.2) is 16.5 Å². The molecule has 0 saturated heterocycles. The molecule has 0 amide bonds. The molecule has 2 rings (SSSR count). The minimum absolute atomic E-state index is 0.725. The lowest BCUT2D eigenvalue weighted by Crippen LogP contribution is -2.15. The second-order valence-corrected chi connectivity index (χ2v) is 5.37. The van der Waals surface area contributed by atoms with E-state index >= 15 is 0 Å². The van der Waals surface area contributed by atoms with Gasteiger partial charge in [0.15, 0.2) is 0 Å². The molecule has 1 aliphatic carbocycles. The summed E-state index contributed by atoms with van der Waals surface area (Å²) in [6, 6.07) is 0. The summed E-state index contributed by atoms with van der Waals surface area (Å²) < 4.78 is 0. The second kappa shape index (κ2) is 6.70. The predicted molar refractivity (Wildman–Crippen MR) is 79.0 cm³/mol. The molecule has 4 N–H and O–H groups in total. The first-order valence-corrected chi connectivity index (χ1v) is 7.32. The van der Waals surface area contributed by atoms with E-state index < -0.39 is 0 Å². The van der Waals surface area contributed by atoms with Crippen LogP contribution in [0.15, 0.2) is 0 Å². The van der Waals surface area contributed by atoms with Crippen molar-refractivity contribution < 1.29 is 0 Å². The van der Waals surface area contributed by atoms with Crippen LogP contribution in [0.3, 0.4) is 0 Å². The van der Waals surface area contributed by atoms with Gasteiger partial charge in [-0.15, -0.1) is 0 Å². The highest BCUT2D eigenvalue weighted by Crippen LogP contribution is 2.33. The lowest BCUT2D eigenvalue weighted by Gasteiger charge is -2.13. The van der Waals surface area contributed by atoms with Gasteiger partial charge in [-0.1, -0.05) is 19.8 Å². The van der Waals surface area contributed by atoms with Gasteiger partial charge in [0.25, 0.3) is 0 Å². The van der Waals surface area contributed by atoms with Crippen molar-refractivity contribution in [2.24, 2.45) is 11.8 Å². The van der Waals surface area contributed by atoms with E-state index in [1.54, 1.807) is 0 Å². The van der Waals surface area contributed by atoms with Gasteiger partial charge in [0.1, 0.15) is 17.5 Å². The summed E-state index contributed by atoms with van der Waals surface area (Å²) in [6.07, 6.45) is 7.31. The van der Waals surface area contributed by atoms with E-state index in [-0.39, 0.29) is 0 Å². The van der Waals surface area contributed by atoms with Crippen molar-refractivity contribution in [3.63, 3.8) is 0 Å². The zero-order chi connectivity index (χ0) is 13.7. The number of nitrogens with zero attached hydrogens (tertiary/aromatic N) is 2. The van der Waals surface area contributed by atoms with Crippen molar-refractivity contribution in [2.75, 3.05) is 17.3 Å². The molecular formula is C14H25N5. The molecule has 19 heavy (non-hydrogen) atoms. The molecule has 106 valence electrons. The van der Waals surface area contributed by atoms with Gasteiger partial charge in [-0.05, 0) is 32.1 Å². The van der Waals surface area contributed by atoms with Crippen molar-refractivity contribution in [1.82, 2.24) is 9.97 Å². The molecule has 1 aromatic rings. The Labute approximate surface area is 115 Å². The summed E-state index contributed by atoms with van der Waals surface area (Å²) in [5.74, 6) is 9.01. The van der Waals surface area contributed by atoms with Gasteiger partial charge < -0.3 is 10.7 Å². The summed E-state index contributed by atoms with van der Waals surface area (Å²) in [5, 5.41) is 3.42. The number of hydrogen-bond donors (Lipinski definition) is 3. The van der Waals surface area contributed by atoms with Crippen LogP contribution in [0.1, 0.15) is 50.4 Å². The number of hydrogen-bond acceptors (Lipinski definition) is 5. The standard InChI is InChI=1S/C14H25N5/c1-3-5-12-17-13(10(2)14(18-12)19-15)16-9-4-6-11-7-8-11/h11H,3-9,15H2,1-2H3,(H2,16,17,18,19). The van der Waals surface area contributed by atoms with E-state index in [0.29, 0.717) is 0 Å². The van der Waals surface area contributed by atoms with Gasteiger partial charge in [-0.3, -0.25) is 0 Å². The Hall–Kier alpha value is -1.36. The fourth-order valence-corrected chi connectivity index (χ4v) is 2.22. The SMILES string of the molecule is CCCc1nc(NN)c(C)c(NCCCC2CC2)n1. The predicted octanol–water partition coefficient (Wildman–Crippen LogP) is 2.63. The molecule has 1 aromatic heterocycles. The smallest absolute Gasteiger partial charge is 0.148 e. The second-order valence-electron chi connectivity index (χ2n) is 5.37. The number of hydrazine groups is 1. The number of nitrogens with one attached hydrogen (secondary N) is 2. The Balaban J connectivity index is 1.96. The Morgan fingerprint density at radius 1 is 1.26 bits per heavy atom. The molecule has 0 bridgehead atoms. The number of aromatic nitrogens is 2. The lowest BCUT2D eigenvalue weighted by molar-refractivity contribution is 0.685. The monoisotopic (exact) mass is 263 g/mol. The van der Waals surface area contributed by atoms with Crippen LogP contribution >= 0.6 is 0 Å². The molecule has 0 spiro atoms. The molecule has 1 saturated carbocycles. The third kappa shape index (κ3) is 4.06. The maximum atomic E-state index is 5.52. The molecular weight excluding hydrogens is 238 g/mol. The third-order valence-electron chi connectivity index (χ3n) is 3.58. The van der Waals surface area contributed by atoms with Gasteiger partial charge in [0.2, 0.25) is 0 Å². The fraction of sp³-hybridized carbons (Fsp3) is 0.714. The summed E-state index contributed by atoms with van der Waals surface area (Å²) in [4.78, 5) is 9.01. The average Bonchev–Trinajstić information content (AvgIpc) is 3.22. The molecule has 0 aromatic carbocycles. The molecule has 1 aliphatic rings. The Morgan fingerprint density at radius 2 is 2.00 bits per heavy atom. The van der Waals surface area contributed by atoms with Crippen molar-refractivity contribution in [2.45, 2.75) is 52.4 Å². The van der Waals surface area contributed by atoms with Crippen LogP contribution in [-0.2, 0) is 6.42 Å². The zero-order valence-corrected chi connectivity index (χ0v) is 12.0. The van der Waals surface area contributed by atoms with Crippen LogP contribution in [0.5, 0.6) is 0 Å². The summed E-state index contributed by atoms with van der Waals surface area (Å²) in [7, 11) is 0. The topological polar surface area (TPSA) is 75.9 Å². The van der Waals surface area contributed by atoms with Crippen molar-refractivity contribution in [3.8, 4) is 0 Å². The van der Waals surface area contributed by atoms with E-state index in [0.717, 1.165) is 48.3 Å². The van der Waals surface area contributed by atoms with Crippen LogP contribution < -0.4 is 16.6 Å². The van der Waals surface area contributed by atoms with E-state index in [2.05, 4.69) is 27.6 Å². The fourth-order valence-electron chi connectivity index (χ4n) is 2.22. The van der Waals surface area contributed by atoms with Crippen LogP contribution in [0.2, 0.25) is 0 Å². The van der Waals surface area contributed by atoms with Crippen molar-refractivity contribution in [3.05, 3.63) is 11.4 Å². The normalized spacial score (nSPS) is 14.5. The quantitative estimate of drug-likeness (QED) is 0.382. The third-order valence-corrected chi connectivity index (χ3v) is 3.58. The number of nitrogens with two attached hydrogens (primary N) is 1. The van der Waals surface area contributed by atoms with Crippen LogP contribution in [0.25, 0.3) is 0 Å². The van der Waals surface area contributed by atoms with Gasteiger partial charge in [-0.2, -0.15) is 0 Å². The van der Waals surface area contributed by atoms with E-state index in [9.17, 15) is 0 Å². The van der Waals surface area contributed by atoms with Gasteiger partial charge >= 0.3 is 0 Å². The van der Waals surface area contributed by atoms with Gasteiger partial charge in [-0.25, -0.2) is 15.8 Å². The highest BCUT2D eigenvalue weighted by molar-refractivity contribution is 5.56. The highest BCUT2D eigenvalue weighted by Gasteiger charge is 2.20. The maximum absolute atomic E-state index is 5.52. The van der Waals surface area contributed by atoms with E-state index in [1.165, 1.54) is 25.7 Å². The van der Waals surface area contributed by atoms with Crippen molar-refractivity contribution in [1.29, 1.82) is 0 Å². The van der Waals surface area contributed by atoms with Crippen LogP contribution in [0, 0.1) is 12.8 Å². The summed E-state index contributed by atoms with van der Waals surface area (Å²) >= 11 is 0. The minimum atomic E-state index is 0.725. The number of rotatable bonds is 8. The maximum Gasteiger partial charge on any atom is 0.148 e. The minimum Gasteiger partial charge on any atom is -0.370 e.